The molecule has 0 bridgehead atoms. The molecule has 0 aliphatic heterocycles. The standard InChI is InChI=1S/C10H15N3O3/c1-3-13-6-8(5-12-13)9(14)11-4-7(2)10(15)16/h5-7H,3-4H2,1-2H3,(H,11,14)(H,15,16). The second kappa shape index (κ2) is 5.29. The lowest BCUT2D eigenvalue weighted by atomic mass is 10.2. The first-order valence-electron chi connectivity index (χ1n) is 5.08. The Bertz CT molecular complexity index is 386. The maximum atomic E-state index is 11.5. The number of aliphatic carboxylic acids is 1. The second-order valence-corrected chi connectivity index (χ2v) is 3.53. The van der Waals surface area contributed by atoms with Crippen LogP contribution in [0, 0.1) is 5.92 Å². The van der Waals surface area contributed by atoms with Crippen molar-refractivity contribution in [3.63, 3.8) is 0 Å². The van der Waals surface area contributed by atoms with Gasteiger partial charge in [0.15, 0.2) is 0 Å². The molecule has 0 aromatic carbocycles. The van der Waals surface area contributed by atoms with E-state index in [-0.39, 0.29) is 12.5 Å². The van der Waals surface area contributed by atoms with Crippen molar-refractivity contribution in [2.24, 2.45) is 5.92 Å². The van der Waals surface area contributed by atoms with Crippen LogP contribution in [0.15, 0.2) is 12.4 Å². The molecule has 1 rings (SSSR count). The molecule has 0 radical (unpaired) electrons. The van der Waals surface area contributed by atoms with Gasteiger partial charge in [-0.15, -0.1) is 0 Å². The van der Waals surface area contributed by atoms with Crippen molar-refractivity contribution in [2.75, 3.05) is 6.54 Å². The topological polar surface area (TPSA) is 84.2 Å². The van der Waals surface area contributed by atoms with Crippen molar-refractivity contribution in [3.05, 3.63) is 18.0 Å². The summed E-state index contributed by atoms with van der Waals surface area (Å²) >= 11 is 0. The van der Waals surface area contributed by atoms with Crippen molar-refractivity contribution >= 4 is 11.9 Å². The molecule has 0 aliphatic rings. The number of carbonyl (C=O) groups is 2. The van der Waals surface area contributed by atoms with Crippen LogP contribution in [0.25, 0.3) is 0 Å². The maximum Gasteiger partial charge on any atom is 0.308 e. The number of hydrogen-bond donors (Lipinski definition) is 2. The number of aryl methyl sites for hydroxylation is 1. The van der Waals surface area contributed by atoms with Crippen molar-refractivity contribution in [2.45, 2.75) is 20.4 Å². The molecule has 1 unspecified atom stereocenters. The summed E-state index contributed by atoms with van der Waals surface area (Å²) in [5, 5.41) is 15.1. The van der Waals surface area contributed by atoms with Crippen LogP contribution in [-0.2, 0) is 11.3 Å². The van der Waals surface area contributed by atoms with Gasteiger partial charge in [0.25, 0.3) is 5.91 Å². The Kier molecular flexibility index (Phi) is 4.04. The summed E-state index contributed by atoms with van der Waals surface area (Å²) in [5.74, 6) is -1.82. The van der Waals surface area contributed by atoms with Gasteiger partial charge in [-0.2, -0.15) is 5.10 Å². The molecule has 0 fully saturated rings. The lowest BCUT2D eigenvalue weighted by Gasteiger charge is -2.06. The normalized spacial score (nSPS) is 12.1. The predicted molar refractivity (Wildman–Crippen MR) is 57.0 cm³/mol. The number of carboxylic acid groups (broad SMARTS) is 1. The van der Waals surface area contributed by atoms with E-state index < -0.39 is 11.9 Å². The zero-order valence-corrected chi connectivity index (χ0v) is 9.30. The number of nitrogens with one attached hydrogen (secondary N) is 1. The minimum absolute atomic E-state index is 0.117. The number of hydrogen-bond acceptors (Lipinski definition) is 3. The first-order chi connectivity index (χ1) is 7.54. The van der Waals surface area contributed by atoms with Crippen molar-refractivity contribution in [1.29, 1.82) is 0 Å². The van der Waals surface area contributed by atoms with E-state index in [1.54, 1.807) is 10.9 Å². The average molecular weight is 225 g/mol. The third-order valence-electron chi connectivity index (χ3n) is 2.21. The van der Waals surface area contributed by atoms with E-state index in [0.29, 0.717) is 12.1 Å². The summed E-state index contributed by atoms with van der Waals surface area (Å²) in [5.41, 5.74) is 0.444. The predicted octanol–water partition coefficient (Wildman–Crippen LogP) is 0.353. The van der Waals surface area contributed by atoms with Crippen molar-refractivity contribution < 1.29 is 14.7 Å². The highest BCUT2D eigenvalue weighted by atomic mass is 16.4. The van der Waals surface area contributed by atoms with Crippen LogP contribution < -0.4 is 5.32 Å². The van der Waals surface area contributed by atoms with Crippen LogP contribution in [0.3, 0.4) is 0 Å². The zero-order chi connectivity index (χ0) is 12.1. The summed E-state index contributed by atoms with van der Waals surface area (Å²) in [6, 6.07) is 0. The fourth-order valence-corrected chi connectivity index (χ4v) is 1.09. The third kappa shape index (κ3) is 3.08. The van der Waals surface area contributed by atoms with Crippen LogP contribution in [0.5, 0.6) is 0 Å². The highest BCUT2D eigenvalue weighted by Gasteiger charge is 2.13. The van der Waals surface area contributed by atoms with E-state index in [9.17, 15) is 9.59 Å². The summed E-state index contributed by atoms with van der Waals surface area (Å²) in [6.07, 6.45) is 3.09. The first-order valence-corrected chi connectivity index (χ1v) is 5.08. The van der Waals surface area contributed by atoms with Crippen LogP contribution in [0.1, 0.15) is 24.2 Å². The van der Waals surface area contributed by atoms with Gasteiger partial charge in [0.2, 0.25) is 0 Å². The molecule has 0 aliphatic carbocycles. The highest BCUT2D eigenvalue weighted by Crippen LogP contribution is 1.98. The monoisotopic (exact) mass is 225 g/mol. The molecule has 16 heavy (non-hydrogen) atoms. The summed E-state index contributed by atoms with van der Waals surface area (Å²) < 4.78 is 1.63. The van der Waals surface area contributed by atoms with Crippen LogP contribution >= 0.6 is 0 Å². The molecule has 88 valence electrons. The largest absolute Gasteiger partial charge is 0.481 e. The molecule has 0 saturated heterocycles. The Labute approximate surface area is 93.3 Å². The summed E-state index contributed by atoms with van der Waals surface area (Å²) in [6.45, 7) is 4.27. The quantitative estimate of drug-likeness (QED) is 0.757. The van der Waals surface area contributed by atoms with Gasteiger partial charge in [0.1, 0.15) is 0 Å². The molecule has 1 aromatic rings. The molecule has 1 atom stereocenters. The number of rotatable bonds is 5. The fourth-order valence-electron chi connectivity index (χ4n) is 1.09. The van der Waals surface area contributed by atoms with Gasteiger partial charge in [0.05, 0.1) is 17.7 Å². The molecule has 1 aromatic heterocycles. The Morgan fingerprint density at radius 3 is 2.81 bits per heavy atom. The van der Waals surface area contributed by atoms with Gasteiger partial charge in [0, 0.05) is 19.3 Å². The van der Waals surface area contributed by atoms with Crippen molar-refractivity contribution in [1.82, 2.24) is 15.1 Å². The van der Waals surface area contributed by atoms with Gasteiger partial charge in [-0.3, -0.25) is 14.3 Å². The lowest BCUT2D eigenvalue weighted by molar-refractivity contribution is -0.140. The molecule has 0 saturated carbocycles. The number of aromatic nitrogens is 2. The smallest absolute Gasteiger partial charge is 0.308 e. The lowest BCUT2D eigenvalue weighted by Crippen LogP contribution is -2.31. The van der Waals surface area contributed by atoms with Crippen LogP contribution in [-0.4, -0.2) is 33.3 Å². The minimum Gasteiger partial charge on any atom is -0.481 e. The van der Waals surface area contributed by atoms with Gasteiger partial charge >= 0.3 is 5.97 Å². The van der Waals surface area contributed by atoms with E-state index in [1.807, 2.05) is 6.92 Å². The Morgan fingerprint density at radius 2 is 2.31 bits per heavy atom. The van der Waals surface area contributed by atoms with Crippen molar-refractivity contribution in [3.8, 4) is 0 Å². The molecular weight excluding hydrogens is 210 g/mol. The molecule has 6 nitrogen and oxygen atoms in total. The second-order valence-electron chi connectivity index (χ2n) is 3.53. The van der Waals surface area contributed by atoms with E-state index in [0.717, 1.165) is 0 Å². The van der Waals surface area contributed by atoms with Gasteiger partial charge in [-0.1, -0.05) is 6.92 Å². The fraction of sp³-hybridized carbons (Fsp3) is 0.500. The molecular formula is C10H15N3O3. The highest BCUT2D eigenvalue weighted by molar-refractivity contribution is 5.93. The first kappa shape index (κ1) is 12.2. The number of carbonyl (C=O) groups excluding carboxylic acids is 1. The number of nitrogens with zero attached hydrogens (tertiary/aromatic N) is 2. The Morgan fingerprint density at radius 1 is 1.62 bits per heavy atom. The SMILES string of the molecule is CCn1cc(C(=O)NCC(C)C(=O)O)cn1. The molecule has 1 amide bonds. The van der Waals surface area contributed by atoms with E-state index in [4.69, 9.17) is 5.11 Å². The Hall–Kier alpha value is -1.85. The molecule has 2 N–H and O–H groups in total. The van der Waals surface area contributed by atoms with E-state index in [1.165, 1.54) is 13.1 Å². The van der Waals surface area contributed by atoms with E-state index >= 15 is 0 Å². The van der Waals surface area contributed by atoms with Crippen LogP contribution in [0.4, 0.5) is 0 Å². The third-order valence-corrected chi connectivity index (χ3v) is 2.21. The van der Waals surface area contributed by atoms with Gasteiger partial charge in [-0.25, -0.2) is 0 Å². The maximum absolute atomic E-state index is 11.5. The minimum atomic E-state index is -0.926. The van der Waals surface area contributed by atoms with Gasteiger partial charge < -0.3 is 10.4 Å². The van der Waals surface area contributed by atoms with Crippen LogP contribution in [0.2, 0.25) is 0 Å². The Balaban J connectivity index is 2.49. The van der Waals surface area contributed by atoms with Gasteiger partial charge in [-0.05, 0) is 6.92 Å². The van der Waals surface area contributed by atoms with E-state index in [2.05, 4.69) is 10.4 Å². The molecule has 0 spiro atoms. The summed E-state index contributed by atoms with van der Waals surface area (Å²) in [7, 11) is 0. The summed E-state index contributed by atoms with van der Waals surface area (Å²) in [4.78, 5) is 22.1. The average Bonchev–Trinajstić information content (AvgIpc) is 2.73. The number of carboxylic acids is 1. The molecule has 6 heteroatoms. The number of amides is 1. The molecule has 1 heterocycles. The zero-order valence-electron chi connectivity index (χ0n) is 9.30.